The molecule has 14 heteroatoms. The number of ether oxygens (including phenoxy) is 2. The Labute approximate surface area is 233 Å². The van der Waals surface area contributed by atoms with Crippen LogP contribution in [0.3, 0.4) is 0 Å². The SMILES string of the molecule is CC(C)(c1ccc(OC(=O)[C@@H](O)[C@@H](O)[C@H](O)[C@@H](O)C=O)cc1)c1ccc(OC(=O)[C@@H](O)[C@@H](O)[C@H](O)[C@@H](O)C=O)cc1. The second-order valence-electron chi connectivity index (χ2n) is 9.62. The number of carbonyl (C=O) groups excluding carboxylic acids is 4. The highest BCUT2D eigenvalue weighted by Crippen LogP contribution is 2.33. The molecule has 0 amide bonds. The summed E-state index contributed by atoms with van der Waals surface area (Å²) in [5, 5.41) is 77.0. The number of benzene rings is 2. The van der Waals surface area contributed by atoms with E-state index in [0.29, 0.717) is 0 Å². The first-order chi connectivity index (χ1) is 19.1. The number of rotatable bonds is 14. The van der Waals surface area contributed by atoms with Crippen LogP contribution in [0.2, 0.25) is 0 Å². The summed E-state index contributed by atoms with van der Waals surface area (Å²) in [6.45, 7) is 3.71. The summed E-state index contributed by atoms with van der Waals surface area (Å²) in [6, 6.07) is 12.1. The van der Waals surface area contributed by atoms with E-state index in [1.807, 2.05) is 13.8 Å². The van der Waals surface area contributed by atoms with Crippen molar-refractivity contribution in [3.63, 3.8) is 0 Å². The number of hydrogen-bond donors (Lipinski definition) is 8. The predicted molar refractivity (Wildman–Crippen MR) is 136 cm³/mol. The van der Waals surface area contributed by atoms with Crippen molar-refractivity contribution in [1.82, 2.24) is 0 Å². The molecule has 0 saturated carbocycles. The Morgan fingerprint density at radius 1 is 0.585 bits per heavy atom. The third-order valence-electron chi connectivity index (χ3n) is 6.40. The van der Waals surface area contributed by atoms with Gasteiger partial charge in [-0.25, -0.2) is 9.59 Å². The Morgan fingerprint density at radius 3 is 1.15 bits per heavy atom. The molecule has 0 aliphatic rings. The molecule has 0 saturated heterocycles. The molecule has 2 rings (SSSR count). The van der Waals surface area contributed by atoms with E-state index in [9.17, 15) is 60.0 Å². The maximum absolute atomic E-state index is 12.1. The van der Waals surface area contributed by atoms with E-state index in [4.69, 9.17) is 9.47 Å². The lowest BCUT2D eigenvalue weighted by atomic mass is 9.78. The standard InChI is InChI=1S/C27H32O14/c1-27(2,13-3-7-15(8-4-13)40-25(38)23(36)21(34)19(32)17(30)11-28)14-5-9-16(10-6-14)41-26(39)24(37)22(35)20(33)18(31)12-29/h3-12,17-24,30-37H,1-2H3/t17-,18-,19+,20+,21-,22-,23-,24-/m0/s1. The molecule has 0 spiro atoms. The average molecular weight is 581 g/mol. The van der Waals surface area contributed by atoms with E-state index in [1.165, 1.54) is 24.3 Å². The molecule has 0 heterocycles. The van der Waals surface area contributed by atoms with Crippen LogP contribution in [0.5, 0.6) is 11.5 Å². The zero-order valence-corrected chi connectivity index (χ0v) is 21.9. The highest BCUT2D eigenvalue weighted by molar-refractivity contribution is 5.78. The molecular weight excluding hydrogens is 548 g/mol. The largest absolute Gasteiger partial charge is 0.425 e. The second kappa shape index (κ2) is 14.3. The predicted octanol–water partition coefficient (Wildman–Crippen LogP) is -2.89. The molecule has 224 valence electrons. The first kappa shape index (κ1) is 33.6. The van der Waals surface area contributed by atoms with E-state index >= 15 is 0 Å². The molecular formula is C27H32O14. The molecule has 0 fully saturated rings. The fourth-order valence-electron chi connectivity index (χ4n) is 3.62. The molecule has 0 unspecified atom stereocenters. The average Bonchev–Trinajstić information content (AvgIpc) is 2.98. The zero-order valence-electron chi connectivity index (χ0n) is 21.9. The van der Waals surface area contributed by atoms with Crippen molar-refractivity contribution in [2.75, 3.05) is 0 Å². The maximum atomic E-state index is 12.1. The topological polar surface area (TPSA) is 249 Å². The van der Waals surface area contributed by atoms with Gasteiger partial charge in [-0.2, -0.15) is 0 Å². The normalized spacial score (nSPS) is 17.6. The Balaban J connectivity index is 2.06. The van der Waals surface area contributed by atoms with Crippen LogP contribution >= 0.6 is 0 Å². The minimum absolute atomic E-state index is 0.0139. The van der Waals surface area contributed by atoms with E-state index < -0.39 is 66.2 Å². The van der Waals surface area contributed by atoms with Crippen molar-refractivity contribution in [2.45, 2.75) is 68.1 Å². The van der Waals surface area contributed by atoms with Gasteiger partial charge in [0.1, 0.15) is 48.1 Å². The van der Waals surface area contributed by atoms with Crippen LogP contribution in [-0.2, 0) is 24.6 Å². The number of esters is 2. The molecule has 2 aromatic carbocycles. The highest BCUT2D eigenvalue weighted by atomic mass is 16.6. The van der Waals surface area contributed by atoms with Crippen molar-refractivity contribution < 1.29 is 69.5 Å². The van der Waals surface area contributed by atoms with Gasteiger partial charge >= 0.3 is 11.9 Å². The fraction of sp³-hybridized carbons (Fsp3) is 0.407. The van der Waals surface area contributed by atoms with Crippen LogP contribution in [0.4, 0.5) is 0 Å². The summed E-state index contributed by atoms with van der Waals surface area (Å²) < 4.78 is 9.99. The molecule has 0 bridgehead atoms. The monoisotopic (exact) mass is 580 g/mol. The van der Waals surface area contributed by atoms with Gasteiger partial charge in [0, 0.05) is 5.41 Å². The number of aldehydes is 2. The highest BCUT2D eigenvalue weighted by Gasteiger charge is 2.37. The molecule has 8 atom stereocenters. The van der Waals surface area contributed by atoms with Gasteiger partial charge in [0.05, 0.1) is 0 Å². The maximum Gasteiger partial charge on any atom is 0.343 e. The minimum Gasteiger partial charge on any atom is -0.425 e. The van der Waals surface area contributed by atoms with Crippen molar-refractivity contribution in [1.29, 1.82) is 0 Å². The molecule has 14 nitrogen and oxygen atoms in total. The van der Waals surface area contributed by atoms with Gasteiger partial charge < -0.3 is 59.9 Å². The molecule has 41 heavy (non-hydrogen) atoms. The summed E-state index contributed by atoms with van der Waals surface area (Å²) in [6.07, 6.45) is -17.3. The molecule has 8 N–H and O–H groups in total. The molecule has 0 aromatic heterocycles. The summed E-state index contributed by atoms with van der Waals surface area (Å²) >= 11 is 0. The summed E-state index contributed by atoms with van der Waals surface area (Å²) in [4.78, 5) is 45.3. The Bertz CT molecular complexity index is 1090. The quantitative estimate of drug-likeness (QED) is 0.0635. The van der Waals surface area contributed by atoms with Gasteiger partial charge in [-0.1, -0.05) is 38.1 Å². The second-order valence-corrected chi connectivity index (χ2v) is 9.62. The van der Waals surface area contributed by atoms with Crippen LogP contribution in [0.15, 0.2) is 48.5 Å². The Morgan fingerprint density at radius 2 is 0.878 bits per heavy atom. The van der Waals surface area contributed by atoms with Crippen LogP contribution in [0, 0.1) is 0 Å². The van der Waals surface area contributed by atoms with Gasteiger partial charge in [-0.05, 0) is 35.4 Å². The van der Waals surface area contributed by atoms with Crippen molar-refractivity contribution in [3.05, 3.63) is 59.7 Å². The molecule has 0 radical (unpaired) electrons. The van der Waals surface area contributed by atoms with E-state index in [0.717, 1.165) is 11.1 Å². The van der Waals surface area contributed by atoms with Crippen molar-refractivity contribution >= 4 is 24.5 Å². The summed E-state index contributed by atoms with van der Waals surface area (Å²) in [7, 11) is 0. The lowest BCUT2D eigenvalue weighted by Crippen LogP contribution is -2.49. The van der Waals surface area contributed by atoms with E-state index in [2.05, 4.69) is 0 Å². The summed E-state index contributed by atoms with van der Waals surface area (Å²) in [5.41, 5.74) is 0.808. The van der Waals surface area contributed by atoms with Crippen LogP contribution in [0.1, 0.15) is 25.0 Å². The molecule has 0 aliphatic carbocycles. The molecule has 0 aliphatic heterocycles. The first-order valence-electron chi connectivity index (χ1n) is 12.1. The lowest BCUT2D eigenvalue weighted by Gasteiger charge is -2.27. The van der Waals surface area contributed by atoms with Crippen LogP contribution in [-0.4, -0.2) is 114 Å². The number of hydrogen-bond acceptors (Lipinski definition) is 14. The lowest BCUT2D eigenvalue weighted by molar-refractivity contribution is -0.161. The van der Waals surface area contributed by atoms with Crippen LogP contribution < -0.4 is 9.47 Å². The molecule has 2 aromatic rings. The first-order valence-corrected chi connectivity index (χ1v) is 12.1. The van der Waals surface area contributed by atoms with E-state index in [-0.39, 0.29) is 24.1 Å². The van der Waals surface area contributed by atoms with E-state index in [1.54, 1.807) is 24.3 Å². The number of aliphatic hydroxyl groups is 8. The number of carbonyl (C=O) groups is 4. The smallest absolute Gasteiger partial charge is 0.343 e. The van der Waals surface area contributed by atoms with Crippen LogP contribution in [0.25, 0.3) is 0 Å². The van der Waals surface area contributed by atoms with Gasteiger partial charge in [0.25, 0.3) is 0 Å². The third-order valence-corrected chi connectivity index (χ3v) is 6.40. The minimum atomic E-state index is -2.25. The van der Waals surface area contributed by atoms with Gasteiger partial charge in [0.15, 0.2) is 24.8 Å². The Hall–Kier alpha value is -3.60. The number of aliphatic hydroxyl groups excluding tert-OH is 8. The van der Waals surface area contributed by atoms with Gasteiger partial charge in [0.2, 0.25) is 0 Å². The van der Waals surface area contributed by atoms with Gasteiger partial charge in [-0.15, -0.1) is 0 Å². The Kier molecular flexibility index (Phi) is 11.8. The summed E-state index contributed by atoms with van der Waals surface area (Å²) in [5.74, 6) is -2.70. The van der Waals surface area contributed by atoms with Crippen molar-refractivity contribution in [3.8, 4) is 11.5 Å². The third kappa shape index (κ3) is 8.22. The fourth-order valence-corrected chi connectivity index (χ4v) is 3.62. The van der Waals surface area contributed by atoms with Crippen molar-refractivity contribution in [2.24, 2.45) is 0 Å². The zero-order chi connectivity index (χ0) is 31.1. The van der Waals surface area contributed by atoms with Gasteiger partial charge in [-0.3, -0.25) is 0 Å².